The van der Waals surface area contributed by atoms with Crippen LogP contribution in [0.4, 0.5) is 0 Å². The number of nitrogens with one attached hydrogen (secondary N) is 2. The van der Waals surface area contributed by atoms with E-state index in [0.717, 1.165) is 10.9 Å². The molecule has 0 aliphatic heterocycles. The smallest absolute Gasteiger partial charge is 0.329 e. The number of hydrogen-bond donors (Lipinski definition) is 3. The van der Waals surface area contributed by atoms with Crippen molar-refractivity contribution >= 4 is 22.8 Å². The second-order valence-electron chi connectivity index (χ2n) is 5.09. The number of hydrogen-bond acceptors (Lipinski definition) is 3. The summed E-state index contributed by atoms with van der Waals surface area (Å²) < 4.78 is 0. The van der Waals surface area contributed by atoms with Crippen LogP contribution >= 0.6 is 0 Å². The van der Waals surface area contributed by atoms with Crippen molar-refractivity contribution in [3.05, 3.63) is 29.5 Å². The summed E-state index contributed by atoms with van der Waals surface area (Å²) in [5.74, 6) is -1.48. The van der Waals surface area contributed by atoms with Gasteiger partial charge in [-0.15, -0.1) is 0 Å². The number of carboxylic acids is 1. The van der Waals surface area contributed by atoms with Crippen molar-refractivity contribution < 1.29 is 14.7 Å². The van der Waals surface area contributed by atoms with E-state index in [1.54, 1.807) is 19.2 Å². The molecule has 0 spiro atoms. The topological polar surface area (TPSA) is 95.1 Å². The largest absolute Gasteiger partial charge is 0.480 e. The molecule has 0 aliphatic carbocycles. The Kier molecular flexibility index (Phi) is 3.48. The molecule has 0 saturated heterocycles. The Labute approximate surface area is 116 Å². The number of H-pyrrole nitrogens is 1. The van der Waals surface area contributed by atoms with Crippen molar-refractivity contribution in [1.29, 1.82) is 0 Å². The van der Waals surface area contributed by atoms with E-state index < -0.39 is 17.4 Å². The number of aromatic nitrogens is 2. The number of fused-ring (bicyclic) bond motifs is 1. The monoisotopic (exact) mass is 275 g/mol. The van der Waals surface area contributed by atoms with Gasteiger partial charge in [-0.25, -0.2) is 4.79 Å². The van der Waals surface area contributed by atoms with Gasteiger partial charge < -0.3 is 10.4 Å². The summed E-state index contributed by atoms with van der Waals surface area (Å²) in [5, 5.41) is 19.3. The maximum atomic E-state index is 12.4. The minimum Gasteiger partial charge on any atom is -0.480 e. The summed E-state index contributed by atoms with van der Waals surface area (Å²) in [5.41, 5.74) is 0.639. The van der Waals surface area contributed by atoms with Crippen LogP contribution in [0.15, 0.2) is 18.3 Å². The summed E-state index contributed by atoms with van der Waals surface area (Å²) in [6, 6.07) is 3.62. The summed E-state index contributed by atoms with van der Waals surface area (Å²) in [6.07, 6.45) is 1.93. The molecule has 0 fully saturated rings. The highest BCUT2D eigenvalue weighted by Gasteiger charge is 2.33. The first kappa shape index (κ1) is 14.0. The highest BCUT2D eigenvalue weighted by molar-refractivity contribution is 6.07. The molecular formula is C14H17N3O3. The van der Waals surface area contributed by atoms with E-state index in [0.29, 0.717) is 17.5 Å². The van der Waals surface area contributed by atoms with Crippen LogP contribution in [0, 0.1) is 6.92 Å². The number of amides is 1. The van der Waals surface area contributed by atoms with E-state index in [1.807, 2.05) is 13.0 Å². The van der Waals surface area contributed by atoms with Crippen LogP contribution in [0.5, 0.6) is 0 Å². The molecular weight excluding hydrogens is 258 g/mol. The van der Waals surface area contributed by atoms with Gasteiger partial charge >= 0.3 is 5.97 Å². The van der Waals surface area contributed by atoms with Crippen LogP contribution in [-0.2, 0) is 4.79 Å². The number of carbonyl (C=O) groups excluding carboxylic acids is 1. The Morgan fingerprint density at radius 3 is 2.75 bits per heavy atom. The second kappa shape index (κ2) is 4.96. The SMILES string of the molecule is CCC(C)(NC(=O)c1cc(C)cc2cn[nH]c12)C(=O)O. The van der Waals surface area contributed by atoms with Crippen molar-refractivity contribution in [2.75, 3.05) is 0 Å². The molecule has 0 radical (unpaired) electrons. The Balaban J connectivity index is 2.41. The molecule has 0 saturated carbocycles. The number of aromatic amines is 1. The van der Waals surface area contributed by atoms with Crippen molar-refractivity contribution in [2.45, 2.75) is 32.7 Å². The second-order valence-corrected chi connectivity index (χ2v) is 5.09. The lowest BCUT2D eigenvalue weighted by Crippen LogP contribution is -2.51. The zero-order valence-corrected chi connectivity index (χ0v) is 11.7. The Bertz CT molecular complexity index is 677. The summed E-state index contributed by atoms with van der Waals surface area (Å²) in [7, 11) is 0. The fourth-order valence-electron chi connectivity index (χ4n) is 2.00. The summed E-state index contributed by atoms with van der Waals surface area (Å²) >= 11 is 0. The van der Waals surface area contributed by atoms with Crippen molar-refractivity contribution in [3.63, 3.8) is 0 Å². The van der Waals surface area contributed by atoms with E-state index in [2.05, 4.69) is 15.5 Å². The van der Waals surface area contributed by atoms with E-state index in [1.165, 1.54) is 6.92 Å². The van der Waals surface area contributed by atoms with Crippen LogP contribution in [0.25, 0.3) is 10.9 Å². The molecule has 6 nitrogen and oxygen atoms in total. The molecule has 106 valence electrons. The number of carbonyl (C=O) groups is 2. The molecule has 1 aromatic carbocycles. The maximum absolute atomic E-state index is 12.4. The van der Waals surface area contributed by atoms with Gasteiger partial charge in [0, 0.05) is 5.39 Å². The predicted octanol–water partition coefficient (Wildman–Crippen LogP) is 1.85. The lowest BCUT2D eigenvalue weighted by Gasteiger charge is -2.24. The van der Waals surface area contributed by atoms with Gasteiger partial charge in [-0.2, -0.15) is 5.10 Å². The standard InChI is InChI=1S/C14H17N3O3/c1-4-14(3,13(19)20)16-12(18)10-6-8(2)5-9-7-15-17-11(9)10/h5-7H,4H2,1-3H3,(H,15,17)(H,16,18)(H,19,20). The van der Waals surface area contributed by atoms with Gasteiger partial charge in [-0.05, 0) is 38.0 Å². The molecule has 20 heavy (non-hydrogen) atoms. The minimum atomic E-state index is -1.28. The molecule has 6 heteroatoms. The third kappa shape index (κ3) is 2.36. The van der Waals surface area contributed by atoms with Crippen molar-refractivity contribution in [3.8, 4) is 0 Å². The van der Waals surface area contributed by atoms with E-state index in [-0.39, 0.29) is 0 Å². The minimum absolute atomic E-state index is 0.298. The molecule has 1 aromatic heterocycles. The first-order valence-electron chi connectivity index (χ1n) is 6.37. The molecule has 2 aromatic rings. The highest BCUT2D eigenvalue weighted by atomic mass is 16.4. The van der Waals surface area contributed by atoms with Gasteiger partial charge in [0.2, 0.25) is 0 Å². The lowest BCUT2D eigenvalue weighted by atomic mass is 9.98. The quantitative estimate of drug-likeness (QED) is 0.793. The zero-order valence-electron chi connectivity index (χ0n) is 11.7. The third-order valence-corrected chi connectivity index (χ3v) is 3.51. The van der Waals surface area contributed by atoms with E-state index >= 15 is 0 Å². The Morgan fingerprint density at radius 1 is 1.45 bits per heavy atom. The molecule has 3 N–H and O–H groups in total. The molecule has 0 bridgehead atoms. The summed E-state index contributed by atoms with van der Waals surface area (Å²) in [6.45, 7) is 5.09. The normalized spacial score (nSPS) is 13.9. The number of carboxylic acid groups (broad SMARTS) is 1. The maximum Gasteiger partial charge on any atom is 0.329 e. The lowest BCUT2D eigenvalue weighted by molar-refractivity contribution is -0.143. The fraction of sp³-hybridized carbons (Fsp3) is 0.357. The van der Waals surface area contributed by atoms with Crippen LogP contribution in [0.1, 0.15) is 36.2 Å². The van der Waals surface area contributed by atoms with Gasteiger partial charge in [0.15, 0.2) is 0 Å². The number of nitrogens with zero attached hydrogens (tertiary/aromatic N) is 1. The van der Waals surface area contributed by atoms with Crippen LogP contribution in [0.3, 0.4) is 0 Å². The third-order valence-electron chi connectivity index (χ3n) is 3.51. The molecule has 1 atom stereocenters. The van der Waals surface area contributed by atoms with Gasteiger partial charge in [0.25, 0.3) is 5.91 Å². The molecule has 1 heterocycles. The van der Waals surface area contributed by atoms with Crippen LogP contribution in [-0.4, -0.2) is 32.7 Å². The van der Waals surface area contributed by atoms with Crippen molar-refractivity contribution in [2.24, 2.45) is 0 Å². The molecule has 0 aliphatic rings. The number of benzene rings is 1. The first-order chi connectivity index (χ1) is 9.37. The highest BCUT2D eigenvalue weighted by Crippen LogP contribution is 2.20. The predicted molar refractivity (Wildman–Crippen MR) is 74.6 cm³/mol. The van der Waals surface area contributed by atoms with Gasteiger partial charge in [0.1, 0.15) is 5.54 Å². The average Bonchev–Trinajstić information content (AvgIpc) is 2.85. The Hall–Kier alpha value is -2.37. The van der Waals surface area contributed by atoms with E-state index in [4.69, 9.17) is 0 Å². The van der Waals surface area contributed by atoms with Gasteiger partial charge in [-0.1, -0.05) is 6.92 Å². The average molecular weight is 275 g/mol. The van der Waals surface area contributed by atoms with Crippen LogP contribution < -0.4 is 5.32 Å². The fourth-order valence-corrected chi connectivity index (χ4v) is 2.00. The van der Waals surface area contributed by atoms with Crippen LogP contribution in [0.2, 0.25) is 0 Å². The number of rotatable bonds is 4. The number of aliphatic carboxylic acids is 1. The van der Waals surface area contributed by atoms with Crippen molar-refractivity contribution in [1.82, 2.24) is 15.5 Å². The van der Waals surface area contributed by atoms with E-state index in [9.17, 15) is 14.7 Å². The van der Waals surface area contributed by atoms with Gasteiger partial charge in [-0.3, -0.25) is 9.89 Å². The van der Waals surface area contributed by atoms with Gasteiger partial charge in [0.05, 0.1) is 17.3 Å². The summed E-state index contributed by atoms with van der Waals surface area (Å²) in [4.78, 5) is 23.6. The molecule has 1 unspecified atom stereocenters. The first-order valence-corrected chi connectivity index (χ1v) is 6.37. The zero-order chi connectivity index (χ0) is 14.9. The molecule has 2 rings (SSSR count). The molecule has 1 amide bonds. The number of aryl methyl sites for hydroxylation is 1. The Morgan fingerprint density at radius 2 is 2.15 bits per heavy atom.